The summed E-state index contributed by atoms with van der Waals surface area (Å²) in [5.41, 5.74) is 0. The zero-order chi connectivity index (χ0) is 18.1. The molecule has 25 heavy (non-hydrogen) atoms. The van der Waals surface area contributed by atoms with E-state index >= 15 is 0 Å². The summed E-state index contributed by atoms with van der Waals surface area (Å²) in [7, 11) is -1.88. The highest BCUT2D eigenvalue weighted by Gasteiger charge is 2.12. The van der Waals surface area contributed by atoms with Crippen LogP contribution in [0.3, 0.4) is 0 Å². The molecule has 0 aliphatic carbocycles. The average Bonchev–Trinajstić information content (AvgIpc) is 3.10. The highest BCUT2D eigenvalue weighted by molar-refractivity contribution is 7.89. The number of aliphatic imine (C=N–C) groups is 1. The van der Waals surface area contributed by atoms with Gasteiger partial charge in [-0.2, -0.15) is 0 Å². The number of rotatable bonds is 8. The predicted octanol–water partition coefficient (Wildman–Crippen LogP) is 0.744. The lowest BCUT2D eigenvalue weighted by Gasteiger charge is -2.11. The van der Waals surface area contributed by atoms with Crippen LogP contribution in [0.25, 0.3) is 0 Å². The van der Waals surface area contributed by atoms with E-state index in [-0.39, 0.29) is 11.4 Å². The summed E-state index contributed by atoms with van der Waals surface area (Å²) >= 11 is 1.66. The molecule has 0 spiro atoms. The molecule has 8 nitrogen and oxygen atoms in total. The van der Waals surface area contributed by atoms with Gasteiger partial charge in [0.2, 0.25) is 10.0 Å². The topological polar surface area (TPSA) is 108 Å². The number of aromatic nitrogens is 2. The summed E-state index contributed by atoms with van der Waals surface area (Å²) in [6.07, 6.45) is 5.70. The summed E-state index contributed by atoms with van der Waals surface area (Å²) in [5.74, 6) is 0.592. The minimum Gasteiger partial charge on any atom is -0.355 e. The Kier molecular flexibility index (Phi) is 7.29. The van der Waals surface area contributed by atoms with Crippen LogP contribution in [0.4, 0.5) is 0 Å². The van der Waals surface area contributed by atoms with Crippen LogP contribution in [-0.4, -0.2) is 44.5 Å². The summed E-state index contributed by atoms with van der Waals surface area (Å²) in [6, 6.07) is 3.09. The molecule has 2 heterocycles. The number of hydrogen-bond donors (Lipinski definition) is 3. The van der Waals surface area contributed by atoms with E-state index < -0.39 is 10.0 Å². The van der Waals surface area contributed by atoms with E-state index in [1.807, 2.05) is 6.20 Å². The van der Waals surface area contributed by atoms with Gasteiger partial charge in [0, 0.05) is 43.6 Å². The third-order valence-corrected chi connectivity index (χ3v) is 5.82. The van der Waals surface area contributed by atoms with E-state index in [1.165, 1.54) is 23.3 Å². The molecule has 0 saturated carbocycles. The van der Waals surface area contributed by atoms with Crippen molar-refractivity contribution in [3.8, 4) is 0 Å². The van der Waals surface area contributed by atoms with Crippen LogP contribution in [0.1, 0.15) is 16.8 Å². The van der Waals surface area contributed by atoms with Gasteiger partial charge in [-0.25, -0.2) is 18.1 Å². The zero-order valence-corrected chi connectivity index (χ0v) is 15.8. The molecule has 0 fully saturated rings. The zero-order valence-electron chi connectivity index (χ0n) is 14.2. The maximum atomic E-state index is 12.1. The van der Waals surface area contributed by atoms with Crippen molar-refractivity contribution < 1.29 is 8.42 Å². The van der Waals surface area contributed by atoms with Crippen LogP contribution in [-0.2, 0) is 23.0 Å². The molecule has 0 aromatic carbocycles. The van der Waals surface area contributed by atoms with Crippen LogP contribution < -0.4 is 15.4 Å². The van der Waals surface area contributed by atoms with Crippen LogP contribution in [0.5, 0.6) is 0 Å². The molecule has 0 amide bonds. The maximum absolute atomic E-state index is 12.1. The molecular weight excluding hydrogens is 360 g/mol. The molecular formula is C15H22N6O2S2. The van der Waals surface area contributed by atoms with Gasteiger partial charge in [-0.1, -0.05) is 6.92 Å². The number of sulfonamides is 1. The lowest BCUT2D eigenvalue weighted by atomic mass is 10.4. The van der Waals surface area contributed by atoms with Crippen molar-refractivity contribution in [2.24, 2.45) is 4.99 Å². The van der Waals surface area contributed by atoms with E-state index in [9.17, 15) is 8.42 Å². The minimum atomic E-state index is -3.54. The summed E-state index contributed by atoms with van der Waals surface area (Å²) < 4.78 is 26.6. The first kappa shape index (κ1) is 19.3. The molecule has 0 bridgehead atoms. The molecule has 0 aliphatic heterocycles. The molecule has 2 aromatic heterocycles. The monoisotopic (exact) mass is 382 g/mol. The van der Waals surface area contributed by atoms with E-state index in [2.05, 4.69) is 37.2 Å². The average molecular weight is 383 g/mol. The quantitative estimate of drug-likeness (QED) is 0.353. The molecule has 0 unspecified atom stereocenters. The summed E-state index contributed by atoms with van der Waals surface area (Å²) in [4.78, 5) is 13.6. The highest BCUT2D eigenvalue weighted by Crippen LogP contribution is 2.12. The first-order valence-electron chi connectivity index (χ1n) is 7.83. The number of hydrogen-bond acceptors (Lipinski definition) is 6. The second kappa shape index (κ2) is 9.44. The standard InChI is InChI=1S/C15H22N6O2S2/c1-3-12-9-19-14(24-12)11-20-15(16-2)18-7-8-21-25(22,23)13-5-4-6-17-10-13/h4-6,9-10,21H,3,7-8,11H2,1-2H3,(H2,16,18,20). The van der Waals surface area contributed by atoms with Gasteiger partial charge in [0.25, 0.3) is 0 Å². The molecule has 0 radical (unpaired) electrons. The lowest BCUT2D eigenvalue weighted by molar-refractivity contribution is 0.580. The Bertz CT molecular complexity index is 789. The number of guanidine groups is 1. The Morgan fingerprint density at radius 1 is 1.28 bits per heavy atom. The predicted molar refractivity (Wildman–Crippen MR) is 99.1 cm³/mol. The molecule has 136 valence electrons. The molecule has 10 heteroatoms. The van der Waals surface area contributed by atoms with Crippen LogP contribution in [0.15, 0.2) is 40.6 Å². The summed E-state index contributed by atoms with van der Waals surface area (Å²) in [6.45, 7) is 3.30. The fraction of sp³-hybridized carbons (Fsp3) is 0.400. The van der Waals surface area contributed by atoms with Gasteiger partial charge >= 0.3 is 0 Å². The van der Waals surface area contributed by atoms with Crippen molar-refractivity contribution in [2.75, 3.05) is 20.1 Å². The third kappa shape index (κ3) is 6.07. The Balaban J connectivity index is 1.74. The van der Waals surface area contributed by atoms with E-state index in [0.29, 0.717) is 19.0 Å². The Labute approximate surface area is 151 Å². The van der Waals surface area contributed by atoms with Gasteiger partial charge in [0.1, 0.15) is 9.90 Å². The van der Waals surface area contributed by atoms with Crippen molar-refractivity contribution in [3.63, 3.8) is 0 Å². The fourth-order valence-electron chi connectivity index (χ4n) is 1.93. The molecule has 2 aromatic rings. The second-order valence-corrected chi connectivity index (χ2v) is 7.98. The molecule has 0 atom stereocenters. The van der Waals surface area contributed by atoms with Gasteiger partial charge in [-0.3, -0.25) is 9.98 Å². The fourth-order valence-corrected chi connectivity index (χ4v) is 3.73. The normalized spacial score (nSPS) is 12.2. The SMILES string of the molecule is CCc1cnc(CNC(=NC)NCCNS(=O)(=O)c2cccnc2)s1. The molecule has 3 N–H and O–H groups in total. The highest BCUT2D eigenvalue weighted by atomic mass is 32.2. The van der Waals surface area contributed by atoms with E-state index in [4.69, 9.17) is 0 Å². The largest absolute Gasteiger partial charge is 0.355 e. The number of pyridine rings is 1. The second-order valence-electron chi connectivity index (χ2n) is 5.01. The molecule has 0 saturated heterocycles. The number of nitrogens with one attached hydrogen (secondary N) is 3. The number of thiazole rings is 1. The smallest absolute Gasteiger partial charge is 0.242 e. The van der Waals surface area contributed by atoms with Crippen molar-refractivity contribution in [3.05, 3.63) is 40.6 Å². The van der Waals surface area contributed by atoms with E-state index in [1.54, 1.807) is 24.5 Å². The van der Waals surface area contributed by atoms with Gasteiger partial charge in [-0.05, 0) is 18.6 Å². The maximum Gasteiger partial charge on any atom is 0.242 e. The van der Waals surface area contributed by atoms with Crippen molar-refractivity contribution in [2.45, 2.75) is 24.8 Å². The number of aryl methyl sites for hydroxylation is 1. The lowest BCUT2D eigenvalue weighted by Crippen LogP contribution is -2.41. The van der Waals surface area contributed by atoms with Gasteiger partial charge in [0.15, 0.2) is 5.96 Å². The minimum absolute atomic E-state index is 0.146. The Morgan fingerprint density at radius 2 is 2.12 bits per heavy atom. The van der Waals surface area contributed by atoms with Gasteiger partial charge < -0.3 is 10.6 Å². The summed E-state index contributed by atoms with van der Waals surface area (Å²) in [5, 5.41) is 7.19. The van der Waals surface area contributed by atoms with Crippen molar-refractivity contribution in [1.82, 2.24) is 25.3 Å². The van der Waals surface area contributed by atoms with Crippen LogP contribution in [0.2, 0.25) is 0 Å². The molecule has 0 aliphatic rings. The number of nitrogens with zero attached hydrogens (tertiary/aromatic N) is 3. The third-order valence-electron chi connectivity index (χ3n) is 3.23. The molecule has 2 rings (SSSR count). The van der Waals surface area contributed by atoms with Crippen molar-refractivity contribution >= 4 is 27.3 Å². The first-order chi connectivity index (χ1) is 12.0. The van der Waals surface area contributed by atoms with Crippen LogP contribution in [0, 0.1) is 0 Å². The Hall–Kier alpha value is -2.04. The van der Waals surface area contributed by atoms with Gasteiger partial charge in [0.05, 0.1) is 6.54 Å². The van der Waals surface area contributed by atoms with Gasteiger partial charge in [-0.15, -0.1) is 11.3 Å². The van der Waals surface area contributed by atoms with E-state index in [0.717, 1.165) is 11.4 Å². The van der Waals surface area contributed by atoms with Crippen LogP contribution >= 0.6 is 11.3 Å². The Morgan fingerprint density at radius 3 is 2.76 bits per heavy atom. The first-order valence-corrected chi connectivity index (χ1v) is 10.1. The van der Waals surface area contributed by atoms with Crippen molar-refractivity contribution in [1.29, 1.82) is 0 Å².